The Morgan fingerprint density at radius 1 is 1.53 bits per heavy atom. The van der Waals surface area contributed by atoms with Crippen molar-refractivity contribution in [3.8, 4) is 0 Å². The molecular formula is C14H20FNO3. The van der Waals surface area contributed by atoms with Crippen molar-refractivity contribution >= 4 is 5.97 Å². The fourth-order valence-corrected chi connectivity index (χ4v) is 1.69. The summed E-state index contributed by atoms with van der Waals surface area (Å²) >= 11 is 0. The van der Waals surface area contributed by atoms with E-state index in [4.69, 9.17) is 4.74 Å². The van der Waals surface area contributed by atoms with E-state index in [2.05, 4.69) is 5.32 Å². The van der Waals surface area contributed by atoms with Crippen molar-refractivity contribution in [1.29, 1.82) is 0 Å². The number of hydrogen-bond donors (Lipinski definition) is 2. The van der Waals surface area contributed by atoms with E-state index < -0.39 is 12.1 Å². The minimum absolute atomic E-state index is 0.0449. The van der Waals surface area contributed by atoms with E-state index in [1.165, 1.54) is 12.1 Å². The Morgan fingerprint density at radius 2 is 2.26 bits per heavy atom. The summed E-state index contributed by atoms with van der Waals surface area (Å²) in [5.74, 6) is -0.714. The third kappa shape index (κ3) is 5.81. The molecule has 0 aromatic heterocycles. The third-order valence-electron chi connectivity index (χ3n) is 2.72. The third-order valence-corrected chi connectivity index (χ3v) is 2.72. The van der Waals surface area contributed by atoms with Gasteiger partial charge in [0.2, 0.25) is 0 Å². The summed E-state index contributed by atoms with van der Waals surface area (Å²) in [6.07, 6.45) is -0.855. The van der Waals surface area contributed by atoms with Crippen molar-refractivity contribution in [2.24, 2.45) is 0 Å². The monoisotopic (exact) mass is 269 g/mol. The first-order valence-electron chi connectivity index (χ1n) is 6.35. The zero-order valence-corrected chi connectivity index (χ0v) is 11.2. The van der Waals surface area contributed by atoms with Crippen LogP contribution in [0.25, 0.3) is 0 Å². The molecule has 0 bridgehead atoms. The van der Waals surface area contributed by atoms with E-state index >= 15 is 0 Å². The molecule has 19 heavy (non-hydrogen) atoms. The van der Waals surface area contributed by atoms with Gasteiger partial charge in [-0.1, -0.05) is 12.1 Å². The van der Waals surface area contributed by atoms with Crippen LogP contribution in [0.5, 0.6) is 0 Å². The minimum Gasteiger partial charge on any atom is -0.466 e. The number of benzene rings is 1. The van der Waals surface area contributed by atoms with Gasteiger partial charge in [-0.2, -0.15) is 0 Å². The molecule has 0 radical (unpaired) electrons. The molecule has 0 aliphatic rings. The maximum Gasteiger partial charge on any atom is 0.308 e. The van der Waals surface area contributed by atoms with E-state index in [1.807, 2.05) is 6.92 Å². The van der Waals surface area contributed by atoms with Crippen LogP contribution >= 0.6 is 0 Å². The number of esters is 1. The topological polar surface area (TPSA) is 58.6 Å². The summed E-state index contributed by atoms with van der Waals surface area (Å²) in [5.41, 5.74) is 0.795. The number of carbonyl (C=O) groups excluding carboxylic acids is 1. The van der Waals surface area contributed by atoms with Gasteiger partial charge in [-0.3, -0.25) is 4.79 Å². The van der Waals surface area contributed by atoms with Gasteiger partial charge in [0.15, 0.2) is 0 Å². The standard InChI is InChI=1S/C14H20FNO3/c1-3-19-14(18)8-13(17)9-16-10(2)11-5-4-6-12(15)7-11/h4-7,10,13,16-17H,3,8-9H2,1-2H3. The van der Waals surface area contributed by atoms with Crippen molar-refractivity contribution in [2.75, 3.05) is 13.2 Å². The maximum absolute atomic E-state index is 13.0. The molecule has 5 heteroatoms. The van der Waals surface area contributed by atoms with Crippen LogP contribution in [0.2, 0.25) is 0 Å². The number of rotatable bonds is 7. The second kappa shape index (κ2) is 7.86. The molecule has 0 aliphatic carbocycles. The SMILES string of the molecule is CCOC(=O)CC(O)CNC(C)c1cccc(F)c1. The summed E-state index contributed by atoms with van der Waals surface area (Å²) in [4.78, 5) is 11.2. The first-order chi connectivity index (χ1) is 9.02. The summed E-state index contributed by atoms with van der Waals surface area (Å²) in [5, 5.41) is 12.7. The molecular weight excluding hydrogens is 249 g/mol. The van der Waals surface area contributed by atoms with Crippen LogP contribution in [0.15, 0.2) is 24.3 Å². The highest BCUT2D eigenvalue weighted by Gasteiger charge is 2.13. The predicted octanol–water partition coefficient (Wildman–Crippen LogP) is 1.79. The number of halogens is 1. The number of ether oxygens (including phenoxy) is 1. The van der Waals surface area contributed by atoms with Crippen LogP contribution in [0, 0.1) is 5.82 Å². The fraction of sp³-hybridized carbons (Fsp3) is 0.500. The Morgan fingerprint density at radius 3 is 2.89 bits per heavy atom. The quantitative estimate of drug-likeness (QED) is 0.741. The van der Waals surface area contributed by atoms with Crippen LogP contribution in [0.4, 0.5) is 4.39 Å². The lowest BCUT2D eigenvalue weighted by atomic mass is 10.1. The number of hydrogen-bond acceptors (Lipinski definition) is 4. The molecule has 2 N–H and O–H groups in total. The van der Waals surface area contributed by atoms with Crippen LogP contribution < -0.4 is 5.32 Å². The molecule has 0 saturated carbocycles. The Balaban J connectivity index is 2.37. The van der Waals surface area contributed by atoms with Gasteiger partial charge in [-0.05, 0) is 31.5 Å². The van der Waals surface area contributed by atoms with Gasteiger partial charge in [0, 0.05) is 12.6 Å². The minimum atomic E-state index is -0.810. The molecule has 1 aromatic rings. The van der Waals surface area contributed by atoms with Gasteiger partial charge in [-0.25, -0.2) is 4.39 Å². The Bertz CT molecular complexity index is 411. The molecule has 0 heterocycles. The smallest absolute Gasteiger partial charge is 0.308 e. The van der Waals surface area contributed by atoms with Gasteiger partial charge < -0.3 is 15.2 Å². The number of nitrogens with one attached hydrogen (secondary N) is 1. The van der Waals surface area contributed by atoms with E-state index in [9.17, 15) is 14.3 Å². The first-order valence-corrected chi connectivity index (χ1v) is 6.35. The normalized spacial score (nSPS) is 13.9. The molecule has 2 atom stereocenters. The van der Waals surface area contributed by atoms with Crippen molar-refractivity contribution in [3.63, 3.8) is 0 Å². The molecule has 0 amide bonds. The highest BCUT2D eigenvalue weighted by atomic mass is 19.1. The zero-order valence-electron chi connectivity index (χ0n) is 11.2. The Hall–Kier alpha value is -1.46. The largest absolute Gasteiger partial charge is 0.466 e. The highest BCUT2D eigenvalue weighted by molar-refractivity contribution is 5.69. The molecule has 1 aromatic carbocycles. The summed E-state index contributed by atoms with van der Waals surface area (Å²) in [7, 11) is 0. The van der Waals surface area contributed by atoms with Crippen molar-refractivity contribution in [1.82, 2.24) is 5.32 Å². The Labute approximate surface area is 112 Å². The number of aliphatic hydroxyl groups is 1. The highest BCUT2D eigenvalue weighted by Crippen LogP contribution is 2.13. The van der Waals surface area contributed by atoms with E-state index in [1.54, 1.807) is 19.1 Å². The molecule has 106 valence electrons. The molecule has 0 saturated heterocycles. The predicted molar refractivity (Wildman–Crippen MR) is 70.1 cm³/mol. The van der Waals surface area contributed by atoms with Crippen LogP contribution in [0.1, 0.15) is 31.9 Å². The van der Waals surface area contributed by atoms with Gasteiger partial charge >= 0.3 is 5.97 Å². The van der Waals surface area contributed by atoms with E-state index in [0.29, 0.717) is 6.61 Å². The van der Waals surface area contributed by atoms with E-state index in [0.717, 1.165) is 5.56 Å². The van der Waals surface area contributed by atoms with Gasteiger partial charge in [0.25, 0.3) is 0 Å². The lowest BCUT2D eigenvalue weighted by molar-refractivity contribution is -0.145. The van der Waals surface area contributed by atoms with Gasteiger partial charge in [-0.15, -0.1) is 0 Å². The second-order valence-corrected chi connectivity index (χ2v) is 4.35. The lowest BCUT2D eigenvalue weighted by Crippen LogP contribution is -2.31. The number of carbonyl (C=O) groups is 1. The van der Waals surface area contributed by atoms with Crippen LogP contribution in [-0.2, 0) is 9.53 Å². The Kier molecular flexibility index (Phi) is 6.45. The first kappa shape index (κ1) is 15.6. The lowest BCUT2D eigenvalue weighted by Gasteiger charge is -2.17. The van der Waals surface area contributed by atoms with Crippen LogP contribution in [0.3, 0.4) is 0 Å². The van der Waals surface area contributed by atoms with Crippen molar-refractivity contribution < 1.29 is 19.0 Å². The molecule has 1 rings (SSSR count). The molecule has 0 fully saturated rings. The average Bonchev–Trinajstić information content (AvgIpc) is 2.36. The summed E-state index contributed by atoms with van der Waals surface area (Å²) in [6.45, 7) is 4.13. The molecule has 0 aliphatic heterocycles. The zero-order chi connectivity index (χ0) is 14.3. The number of aliphatic hydroxyl groups excluding tert-OH is 1. The van der Waals surface area contributed by atoms with Gasteiger partial charge in [0.05, 0.1) is 19.1 Å². The fourth-order valence-electron chi connectivity index (χ4n) is 1.69. The van der Waals surface area contributed by atoms with Crippen LogP contribution in [-0.4, -0.2) is 30.3 Å². The second-order valence-electron chi connectivity index (χ2n) is 4.35. The van der Waals surface area contributed by atoms with Crippen molar-refractivity contribution in [3.05, 3.63) is 35.6 Å². The van der Waals surface area contributed by atoms with Crippen molar-refractivity contribution in [2.45, 2.75) is 32.4 Å². The molecule has 2 unspecified atom stereocenters. The maximum atomic E-state index is 13.0. The average molecular weight is 269 g/mol. The van der Waals surface area contributed by atoms with Gasteiger partial charge in [0.1, 0.15) is 5.82 Å². The molecule has 0 spiro atoms. The van der Waals surface area contributed by atoms with E-state index in [-0.39, 0.29) is 24.8 Å². The summed E-state index contributed by atoms with van der Waals surface area (Å²) < 4.78 is 17.8. The molecule has 4 nitrogen and oxygen atoms in total. The summed E-state index contributed by atoms with van der Waals surface area (Å²) in [6, 6.07) is 6.16.